The molecule has 5 nitrogen and oxygen atoms in total. The van der Waals surface area contributed by atoms with Gasteiger partial charge in [0.1, 0.15) is 6.26 Å². The van der Waals surface area contributed by atoms with E-state index in [1.807, 2.05) is 37.3 Å². The first-order valence-electron chi connectivity index (χ1n) is 7.47. The first kappa shape index (κ1) is 16.2. The van der Waals surface area contributed by atoms with Crippen molar-refractivity contribution in [2.24, 2.45) is 11.7 Å². The van der Waals surface area contributed by atoms with Crippen molar-refractivity contribution >= 4 is 5.91 Å². The van der Waals surface area contributed by atoms with Crippen LogP contribution < -0.4 is 11.1 Å². The largest absolute Gasteiger partial charge is 0.444 e. The lowest BCUT2D eigenvalue weighted by Crippen LogP contribution is -2.52. The van der Waals surface area contributed by atoms with E-state index in [9.17, 15) is 4.79 Å². The van der Waals surface area contributed by atoms with E-state index < -0.39 is 5.54 Å². The van der Waals surface area contributed by atoms with Crippen LogP contribution >= 0.6 is 0 Å². The van der Waals surface area contributed by atoms with Gasteiger partial charge in [-0.3, -0.25) is 4.79 Å². The molecule has 1 atom stereocenters. The van der Waals surface area contributed by atoms with Crippen LogP contribution in [0.5, 0.6) is 0 Å². The molecule has 2 rings (SSSR count). The molecule has 0 aliphatic heterocycles. The predicted molar refractivity (Wildman–Crippen MR) is 86.3 cm³/mol. The molecular formula is C17H23N3O2. The molecule has 0 aliphatic carbocycles. The number of nitrogens with one attached hydrogen (secondary N) is 1. The number of oxazole rings is 1. The van der Waals surface area contributed by atoms with Gasteiger partial charge in [0.25, 0.3) is 5.91 Å². The first-order chi connectivity index (χ1) is 10.4. The lowest BCUT2D eigenvalue weighted by molar-refractivity contribution is 0.0893. The highest BCUT2D eigenvalue weighted by molar-refractivity contribution is 5.92. The van der Waals surface area contributed by atoms with Crippen LogP contribution in [0.2, 0.25) is 0 Å². The molecule has 0 radical (unpaired) electrons. The molecule has 1 amide bonds. The fourth-order valence-corrected chi connectivity index (χ4v) is 2.52. The van der Waals surface area contributed by atoms with Gasteiger partial charge in [-0.05, 0) is 31.4 Å². The molecule has 2 aromatic rings. The number of hydrogen-bond donors (Lipinski definition) is 2. The minimum Gasteiger partial charge on any atom is -0.444 e. The molecule has 1 aromatic heterocycles. The van der Waals surface area contributed by atoms with Crippen LogP contribution in [0.1, 0.15) is 37.7 Å². The van der Waals surface area contributed by atoms with Gasteiger partial charge >= 0.3 is 0 Å². The lowest BCUT2D eigenvalue weighted by Gasteiger charge is -2.30. The minimum absolute atomic E-state index is 0.264. The zero-order chi connectivity index (χ0) is 16.2. The van der Waals surface area contributed by atoms with Crippen molar-refractivity contribution in [1.29, 1.82) is 0 Å². The highest BCUT2D eigenvalue weighted by Crippen LogP contribution is 2.19. The Bertz CT molecular complexity index is 622. The second-order valence-corrected chi connectivity index (χ2v) is 6.22. The van der Waals surface area contributed by atoms with Crippen molar-refractivity contribution < 1.29 is 9.21 Å². The summed E-state index contributed by atoms with van der Waals surface area (Å²) in [6.07, 6.45) is 2.18. The fraction of sp³-hybridized carbons (Fsp3) is 0.412. The molecule has 0 saturated heterocycles. The number of amides is 1. The molecule has 0 saturated carbocycles. The third-order valence-corrected chi connectivity index (χ3v) is 3.48. The normalized spacial score (nSPS) is 13.9. The number of nitrogens with zero attached hydrogens (tertiary/aromatic N) is 1. The van der Waals surface area contributed by atoms with Gasteiger partial charge in [-0.25, -0.2) is 4.98 Å². The lowest BCUT2D eigenvalue weighted by atomic mass is 9.90. The fourth-order valence-electron chi connectivity index (χ4n) is 2.52. The van der Waals surface area contributed by atoms with E-state index in [0.29, 0.717) is 18.4 Å². The van der Waals surface area contributed by atoms with Crippen molar-refractivity contribution in [2.75, 3.05) is 6.54 Å². The van der Waals surface area contributed by atoms with Gasteiger partial charge in [0, 0.05) is 12.1 Å². The molecular weight excluding hydrogens is 278 g/mol. The molecule has 1 heterocycles. The quantitative estimate of drug-likeness (QED) is 0.859. The zero-order valence-electron chi connectivity index (χ0n) is 13.3. The number of carbonyl (C=O) groups is 1. The number of carbonyl (C=O) groups excluding carboxylic acids is 1. The molecule has 0 bridgehead atoms. The first-order valence-corrected chi connectivity index (χ1v) is 7.47. The molecule has 3 N–H and O–H groups in total. The Kier molecular flexibility index (Phi) is 4.98. The number of hydrogen-bond acceptors (Lipinski definition) is 4. The van der Waals surface area contributed by atoms with E-state index in [1.165, 1.54) is 6.26 Å². The van der Waals surface area contributed by atoms with Crippen LogP contribution in [-0.4, -0.2) is 23.0 Å². The van der Waals surface area contributed by atoms with Gasteiger partial charge < -0.3 is 15.5 Å². The van der Waals surface area contributed by atoms with Crippen LogP contribution in [0.3, 0.4) is 0 Å². The van der Waals surface area contributed by atoms with Gasteiger partial charge in [0.05, 0.1) is 5.54 Å². The van der Waals surface area contributed by atoms with Crippen LogP contribution in [0.25, 0.3) is 11.5 Å². The molecule has 0 aliphatic rings. The molecule has 118 valence electrons. The summed E-state index contributed by atoms with van der Waals surface area (Å²) < 4.78 is 5.40. The van der Waals surface area contributed by atoms with Crippen molar-refractivity contribution in [3.8, 4) is 11.5 Å². The van der Waals surface area contributed by atoms with E-state index in [0.717, 1.165) is 12.0 Å². The van der Waals surface area contributed by atoms with Crippen LogP contribution in [0, 0.1) is 5.92 Å². The average Bonchev–Trinajstić information content (AvgIpc) is 2.97. The summed E-state index contributed by atoms with van der Waals surface area (Å²) in [7, 11) is 0. The Morgan fingerprint density at radius 3 is 2.64 bits per heavy atom. The number of rotatable bonds is 6. The molecule has 22 heavy (non-hydrogen) atoms. The van der Waals surface area contributed by atoms with Crippen LogP contribution in [-0.2, 0) is 0 Å². The van der Waals surface area contributed by atoms with Gasteiger partial charge in [-0.15, -0.1) is 0 Å². The number of aromatic nitrogens is 1. The van der Waals surface area contributed by atoms with E-state index in [4.69, 9.17) is 10.2 Å². The smallest absolute Gasteiger partial charge is 0.273 e. The summed E-state index contributed by atoms with van der Waals surface area (Å²) in [5.74, 6) is 0.606. The second kappa shape index (κ2) is 6.75. The SMILES string of the molecule is CC(C)CC(C)(CN)NC(=O)c1coc(-c2ccccc2)n1. The predicted octanol–water partition coefficient (Wildman–Crippen LogP) is 2.83. The van der Waals surface area contributed by atoms with Crippen LogP contribution in [0.15, 0.2) is 41.0 Å². The maximum atomic E-state index is 12.4. The maximum Gasteiger partial charge on any atom is 0.273 e. The molecule has 5 heteroatoms. The van der Waals surface area contributed by atoms with E-state index in [1.54, 1.807) is 0 Å². The highest BCUT2D eigenvalue weighted by atomic mass is 16.3. The van der Waals surface area contributed by atoms with E-state index in [2.05, 4.69) is 24.1 Å². The Labute approximate surface area is 130 Å². The van der Waals surface area contributed by atoms with Gasteiger partial charge in [0.2, 0.25) is 5.89 Å². The summed E-state index contributed by atoms with van der Waals surface area (Å²) in [5.41, 5.74) is 6.48. The van der Waals surface area contributed by atoms with Crippen LogP contribution in [0.4, 0.5) is 0 Å². The standard InChI is InChI=1S/C17H23N3O2/c1-12(2)9-17(3,11-18)20-15(21)14-10-22-16(19-14)13-7-5-4-6-8-13/h4-8,10,12H,9,11,18H2,1-3H3,(H,20,21). The third kappa shape index (κ3) is 3.95. The van der Waals surface area contributed by atoms with Crippen molar-refractivity contribution in [3.63, 3.8) is 0 Å². The Balaban J connectivity index is 2.12. The highest BCUT2D eigenvalue weighted by Gasteiger charge is 2.27. The topological polar surface area (TPSA) is 81.1 Å². The Morgan fingerprint density at radius 2 is 2.05 bits per heavy atom. The van der Waals surface area contributed by atoms with Crippen molar-refractivity contribution in [3.05, 3.63) is 42.3 Å². The molecule has 0 fully saturated rings. The summed E-state index contributed by atoms with van der Waals surface area (Å²) in [6.45, 7) is 6.52. The molecule has 1 aromatic carbocycles. The van der Waals surface area contributed by atoms with Gasteiger partial charge in [0.15, 0.2) is 5.69 Å². The van der Waals surface area contributed by atoms with E-state index in [-0.39, 0.29) is 11.6 Å². The number of benzene rings is 1. The van der Waals surface area contributed by atoms with Crippen molar-refractivity contribution in [2.45, 2.75) is 32.7 Å². The summed E-state index contributed by atoms with van der Waals surface area (Å²) >= 11 is 0. The molecule has 1 unspecified atom stereocenters. The summed E-state index contributed by atoms with van der Waals surface area (Å²) in [6, 6.07) is 9.48. The third-order valence-electron chi connectivity index (χ3n) is 3.48. The summed E-state index contributed by atoms with van der Waals surface area (Å²) in [4.78, 5) is 16.6. The summed E-state index contributed by atoms with van der Waals surface area (Å²) in [5, 5.41) is 2.97. The Hall–Kier alpha value is -2.14. The zero-order valence-corrected chi connectivity index (χ0v) is 13.3. The maximum absolute atomic E-state index is 12.4. The second-order valence-electron chi connectivity index (χ2n) is 6.22. The van der Waals surface area contributed by atoms with Crippen molar-refractivity contribution in [1.82, 2.24) is 10.3 Å². The minimum atomic E-state index is -0.447. The average molecular weight is 301 g/mol. The number of nitrogens with two attached hydrogens (primary N) is 1. The van der Waals surface area contributed by atoms with Gasteiger partial charge in [-0.1, -0.05) is 32.0 Å². The Morgan fingerprint density at radius 1 is 1.36 bits per heavy atom. The van der Waals surface area contributed by atoms with E-state index >= 15 is 0 Å². The monoisotopic (exact) mass is 301 g/mol. The molecule has 0 spiro atoms. The van der Waals surface area contributed by atoms with Gasteiger partial charge in [-0.2, -0.15) is 0 Å².